The fourth-order valence-corrected chi connectivity index (χ4v) is 0.738. The van der Waals surface area contributed by atoms with E-state index in [1.165, 1.54) is 13.8 Å². The van der Waals surface area contributed by atoms with Gasteiger partial charge in [-0.05, 0) is 13.8 Å². The van der Waals surface area contributed by atoms with Crippen LogP contribution in [0.2, 0.25) is 0 Å². The van der Waals surface area contributed by atoms with Crippen molar-refractivity contribution in [2.75, 3.05) is 0 Å². The van der Waals surface area contributed by atoms with Gasteiger partial charge in [-0.3, -0.25) is 4.79 Å². The highest BCUT2D eigenvalue weighted by Gasteiger charge is 2.29. The summed E-state index contributed by atoms with van der Waals surface area (Å²) in [5.74, 6) is -0.429. The van der Waals surface area contributed by atoms with Crippen LogP contribution in [-0.2, 0) is 4.79 Å². The molecule has 4 atom stereocenters. The molecule has 0 aromatic rings. The second-order valence-corrected chi connectivity index (χ2v) is 2.86. The molecule has 0 amide bonds. The number of carbonyl (C=O) groups is 1. The number of rotatable bonds is 4. The maximum Gasteiger partial charge on any atom is 0.149 e. The molecule has 0 aliphatic carbocycles. The molecule has 0 bridgehead atoms. The van der Waals surface area contributed by atoms with E-state index >= 15 is 0 Å². The topological polar surface area (TPSA) is 104 Å². The van der Waals surface area contributed by atoms with Gasteiger partial charge in [-0.2, -0.15) is 0 Å². The summed E-state index contributed by atoms with van der Waals surface area (Å²) in [7, 11) is 0. The largest absolute Gasteiger partial charge is 0.391 e. The van der Waals surface area contributed by atoms with Crippen molar-refractivity contribution in [3.05, 3.63) is 0 Å². The maximum absolute atomic E-state index is 10.6. The monoisotopic (exact) mass is 177 g/mol. The molecule has 12 heavy (non-hydrogen) atoms. The van der Waals surface area contributed by atoms with E-state index in [0.717, 1.165) is 0 Å². The molecular weight excluding hydrogens is 162 g/mol. The Hall–Kier alpha value is -0.490. The molecule has 0 saturated heterocycles. The molecule has 0 unspecified atom stereocenters. The van der Waals surface area contributed by atoms with Gasteiger partial charge >= 0.3 is 0 Å². The lowest BCUT2D eigenvalue weighted by molar-refractivity contribution is -0.125. The van der Waals surface area contributed by atoms with E-state index in [2.05, 4.69) is 0 Å². The molecule has 0 aromatic heterocycles. The number of Topliss-reactive ketones (excluding diaryl/α,β-unsaturated/α-hetero) is 1. The van der Waals surface area contributed by atoms with Crippen LogP contribution < -0.4 is 5.73 Å². The zero-order valence-corrected chi connectivity index (χ0v) is 7.14. The smallest absolute Gasteiger partial charge is 0.149 e. The van der Waals surface area contributed by atoms with Crippen LogP contribution in [0, 0.1) is 0 Å². The molecule has 72 valence electrons. The summed E-state index contributed by atoms with van der Waals surface area (Å²) in [6.45, 7) is 2.52. The first kappa shape index (κ1) is 11.5. The molecule has 0 aliphatic rings. The molecule has 5 nitrogen and oxygen atoms in total. The van der Waals surface area contributed by atoms with E-state index in [4.69, 9.17) is 15.9 Å². The molecule has 5 heteroatoms. The van der Waals surface area contributed by atoms with Crippen LogP contribution in [-0.4, -0.2) is 45.5 Å². The highest BCUT2D eigenvalue weighted by molar-refractivity contribution is 5.81. The van der Waals surface area contributed by atoms with E-state index in [9.17, 15) is 9.90 Å². The number of aliphatic hydroxyl groups excluding tert-OH is 3. The summed E-state index contributed by atoms with van der Waals surface area (Å²) in [6.07, 6.45) is -3.91. The van der Waals surface area contributed by atoms with Crippen molar-refractivity contribution in [3.8, 4) is 0 Å². The minimum Gasteiger partial charge on any atom is -0.391 e. The molecule has 5 N–H and O–H groups in total. The zero-order chi connectivity index (χ0) is 9.89. The molecule has 0 rings (SSSR count). The Balaban J connectivity index is 4.18. The van der Waals surface area contributed by atoms with Crippen LogP contribution in [0.3, 0.4) is 0 Å². The van der Waals surface area contributed by atoms with E-state index in [1.54, 1.807) is 0 Å². The predicted molar refractivity (Wildman–Crippen MR) is 42.4 cm³/mol. The fraction of sp³-hybridized carbons (Fsp3) is 0.857. The molecular formula is C7H15NO4. The van der Waals surface area contributed by atoms with Gasteiger partial charge in [0.05, 0.1) is 12.1 Å². The Kier molecular flexibility index (Phi) is 4.33. The van der Waals surface area contributed by atoms with Gasteiger partial charge in [0.1, 0.15) is 18.0 Å². The molecule has 0 aliphatic heterocycles. The quantitative estimate of drug-likeness (QED) is 0.398. The van der Waals surface area contributed by atoms with Crippen molar-refractivity contribution < 1.29 is 20.1 Å². The Bertz CT molecular complexity index is 159. The van der Waals surface area contributed by atoms with Crippen molar-refractivity contribution in [3.63, 3.8) is 0 Å². The van der Waals surface area contributed by atoms with Gasteiger partial charge in [-0.25, -0.2) is 0 Å². The van der Waals surface area contributed by atoms with Crippen LogP contribution in [0.5, 0.6) is 0 Å². The summed E-state index contributed by atoms with van der Waals surface area (Å²) >= 11 is 0. The minimum atomic E-state index is -1.41. The zero-order valence-electron chi connectivity index (χ0n) is 7.14. The summed E-state index contributed by atoms with van der Waals surface area (Å²) in [4.78, 5) is 10.6. The molecule has 0 radical (unpaired) electrons. The van der Waals surface area contributed by atoms with Crippen molar-refractivity contribution >= 4 is 5.78 Å². The Labute approximate surface area is 70.8 Å². The molecule has 0 spiro atoms. The van der Waals surface area contributed by atoms with E-state index < -0.39 is 30.1 Å². The second kappa shape index (κ2) is 4.51. The van der Waals surface area contributed by atoms with Gasteiger partial charge in [-0.1, -0.05) is 0 Å². The van der Waals surface area contributed by atoms with Gasteiger partial charge in [0, 0.05) is 0 Å². The molecule has 0 aromatic carbocycles. The lowest BCUT2D eigenvalue weighted by Gasteiger charge is -2.23. The van der Waals surface area contributed by atoms with Gasteiger partial charge in [0.25, 0.3) is 0 Å². The number of aliphatic hydroxyl groups is 3. The molecule has 0 fully saturated rings. The summed E-state index contributed by atoms with van der Waals surface area (Å²) < 4.78 is 0. The summed E-state index contributed by atoms with van der Waals surface area (Å²) in [6, 6.07) is -1.14. The SMILES string of the molecule is CC(=O)[C@H](N)[C@@H](O)[C@@H](O)[C@@H](C)O. The van der Waals surface area contributed by atoms with Gasteiger partial charge in [-0.15, -0.1) is 0 Å². The van der Waals surface area contributed by atoms with Gasteiger partial charge in [0.2, 0.25) is 0 Å². The van der Waals surface area contributed by atoms with Crippen LogP contribution in [0.15, 0.2) is 0 Å². The summed E-state index contributed by atoms with van der Waals surface area (Å²) in [5, 5.41) is 27.1. The number of hydrogen-bond acceptors (Lipinski definition) is 5. The van der Waals surface area contributed by atoms with Crippen LogP contribution >= 0.6 is 0 Å². The van der Waals surface area contributed by atoms with Crippen molar-refractivity contribution in [1.82, 2.24) is 0 Å². The average Bonchev–Trinajstić information content (AvgIpc) is 2.00. The normalized spacial score (nSPS) is 21.2. The van der Waals surface area contributed by atoms with Crippen LogP contribution in [0.1, 0.15) is 13.8 Å². The van der Waals surface area contributed by atoms with E-state index in [-0.39, 0.29) is 0 Å². The third-order valence-electron chi connectivity index (χ3n) is 1.68. The van der Waals surface area contributed by atoms with Crippen molar-refractivity contribution in [2.24, 2.45) is 5.73 Å². The van der Waals surface area contributed by atoms with E-state index in [0.29, 0.717) is 0 Å². The maximum atomic E-state index is 10.6. The van der Waals surface area contributed by atoms with Crippen LogP contribution in [0.25, 0.3) is 0 Å². The van der Waals surface area contributed by atoms with Crippen molar-refractivity contribution in [1.29, 1.82) is 0 Å². The minimum absolute atomic E-state index is 0.429. The first-order chi connectivity index (χ1) is 5.37. The lowest BCUT2D eigenvalue weighted by atomic mass is 10.00. The standard InChI is InChI=1S/C7H15NO4/c1-3(9)5(8)7(12)6(11)4(2)10/h4-7,10-12H,8H2,1-2H3/t4-,5+,6+,7-/m1/s1. The second-order valence-electron chi connectivity index (χ2n) is 2.86. The van der Waals surface area contributed by atoms with Gasteiger partial charge < -0.3 is 21.1 Å². The Morgan fingerprint density at radius 3 is 1.92 bits per heavy atom. The lowest BCUT2D eigenvalue weighted by Crippen LogP contribution is -2.50. The number of hydrogen-bond donors (Lipinski definition) is 4. The van der Waals surface area contributed by atoms with Gasteiger partial charge in [0.15, 0.2) is 0 Å². The molecule has 0 heterocycles. The number of carbonyl (C=O) groups excluding carboxylic acids is 1. The summed E-state index contributed by atoms with van der Waals surface area (Å²) in [5.41, 5.74) is 5.23. The molecule has 0 saturated carbocycles. The first-order valence-electron chi connectivity index (χ1n) is 3.68. The first-order valence-corrected chi connectivity index (χ1v) is 3.68. The van der Waals surface area contributed by atoms with Crippen LogP contribution in [0.4, 0.5) is 0 Å². The third-order valence-corrected chi connectivity index (χ3v) is 1.68. The van der Waals surface area contributed by atoms with E-state index in [1.807, 2.05) is 0 Å². The fourth-order valence-electron chi connectivity index (χ4n) is 0.738. The number of nitrogens with two attached hydrogens (primary N) is 1. The number of ketones is 1. The Morgan fingerprint density at radius 1 is 1.25 bits per heavy atom. The average molecular weight is 177 g/mol. The van der Waals surface area contributed by atoms with Crippen molar-refractivity contribution in [2.45, 2.75) is 38.2 Å². The predicted octanol–water partition coefficient (Wildman–Crippen LogP) is -1.99. The highest BCUT2D eigenvalue weighted by atomic mass is 16.4. The highest BCUT2D eigenvalue weighted by Crippen LogP contribution is 2.03. The third kappa shape index (κ3) is 2.86. The Morgan fingerprint density at radius 2 is 1.67 bits per heavy atom.